The molecule has 3 nitrogen and oxygen atoms in total. The van der Waals surface area contributed by atoms with Gasteiger partial charge in [0.2, 0.25) is 0 Å². The molecule has 1 aliphatic heterocycles. The molecule has 0 spiro atoms. The van der Waals surface area contributed by atoms with E-state index >= 15 is 0 Å². The third-order valence-electron chi connectivity index (χ3n) is 4.95. The lowest BCUT2D eigenvalue weighted by molar-refractivity contribution is -0.00882. The molecular weight excluding hydrogens is 303 g/mol. The van der Waals surface area contributed by atoms with Gasteiger partial charge in [-0.3, -0.25) is 9.88 Å². The lowest BCUT2D eigenvalue weighted by atomic mass is 9.88. The maximum absolute atomic E-state index is 13.1. The third-order valence-corrected chi connectivity index (χ3v) is 4.95. The number of hydrogen-bond donors (Lipinski definition) is 0. The number of hydrogen-bond acceptors (Lipinski definition) is 3. The van der Waals surface area contributed by atoms with Crippen LogP contribution in [0.1, 0.15) is 23.2 Å². The SMILES string of the molecule is CO[C@@H]1CCN(Cc2ncccc2C)C[C@H]1Cc1ccc(F)cc1. The van der Waals surface area contributed by atoms with E-state index in [0.29, 0.717) is 5.92 Å². The number of nitrogens with zero attached hydrogens (tertiary/aromatic N) is 2. The summed E-state index contributed by atoms with van der Waals surface area (Å²) >= 11 is 0. The van der Waals surface area contributed by atoms with Gasteiger partial charge in [-0.25, -0.2) is 4.39 Å². The van der Waals surface area contributed by atoms with Crippen LogP contribution in [-0.2, 0) is 17.7 Å². The average Bonchev–Trinajstić information content (AvgIpc) is 2.59. The van der Waals surface area contributed by atoms with E-state index in [1.165, 1.54) is 23.3 Å². The number of halogens is 1. The van der Waals surface area contributed by atoms with Crippen molar-refractivity contribution >= 4 is 0 Å². The number of rotatable bonds is 5. The van der Waals surface area contributed by atoms with Crippen molar-refractivity contribution in [1.82, 2.24) is 9.88 Å². The minimum Gasteiger partial charge on any atom is -0.381 e. The predicted octanol–water partition coefficient (Wildman–Crippen LogP) is 3.61. The van der Waals surface area contributed by atoms with Gasteiger partial charge in [0.15, 0.2) is 0 Å². The van der Waals surface area contributed by atoms with Gasteiger partial charge in [0.25, 0.3) is 0 Å². The normalized spacial score (nSPS) is 21.8. The number of pyridine rings is 1. The highest BCUT2D eigenvalue weighted by Crippen LogP contribution is 2.25. The van der Waals surface area contributed by atoms with E-state index in [4.69, 9.17) is 4.74 Å². The molecule has 1 saturated heterocycles. The van der Waals surface area contributed by atoms with E-state index in [1.54, 1.807) is 7.11 Å². The summed E-state index contributed by atoms with van der Waals surface area (Å²) in [6, 6.07) is 10.9. The summed E-state index contributed by atoms with van der Waals surface area (Å²) in [5, 5.41) is 0. The predicted molar refractivity (Wildman–Crippen MR) is 93.3 cm³/mol. The second-order valence-electron chi connectivity index (χ2n) is 6.66. The van der Waals surface area contributed by atoms with Crippen LogP contribution in [0, 0.1) is 18.7 Å². The van der Waals surface area contributed by atoms with Crippen LogP contribution in [0.3, 0.4) is 0 Å². The fourth-order valence-corrected chi connectivity index (χ4v) is 3.55. The number of ether oxygens (including phenoxy) is 1. The molecule has 2 atom stereocenters. The molecule has 24 heavy (non-hydrogen) atoms. The molecule has 0 unspecified atom stereocenters. The number of benzene rings is 1. The van der Waals surface area contributed by atoms with E-state index in [1.807, 2.05) is 24.4 Å². The quantitative estimate of drug-likeness (QED) is 0.838. The van der Waals surface area contributed by atoms with Gasteiger partial charge in [-0.2, -0.15) is 0 Å². The first-order valence-electron chi connectivity index (χ1n) is 8.56. The molecule has 3 rings (SSSR count). The second kappa shape index (κ2) is 7.86. The van der Waals surface area contributed by atoms with E-state index in [-0.39, 0.29) is 11.9 Å². The van der Waals surface area contributed by atoms with Crippen molar-refractivity contribution in [1.29, 1.82) is 0 Å². The summed E-state index contributed by atoms with van der Waals surface area (Å²) in [6.45, 7) is 4.99. The lowest BCUT2D eigenvalue weighted by Crippen LogP contribution is -2.44. The Balaban J connectivity index is 1.67. The number of aryl methyl sites for hydroxylation is 1. The fourth-order valence-electron chi connectivity index (χ4n) is 3.55. The van der Waals surface area contributed by atoms with Crippen LogP contribution in [0.2, 0.25) is 0 Å². The standard InChI is InChI=1S/C20H25FN2O/c1-15-4-3-10-22-19(15)14-23-11-9-20(24-2)17(13-23)12-16-5-7-18(21)8-6-16/h3-8,10,17,20H,9,11-14H2,1-2H3/t17-,20-/m1/s1. The van der Waals surface area contributed by atoms with Gasteiger partial charge >= 0.3 is 0 Å². The largest absolute Gasteiger partial charge is 0.381 e. The van der Waals surface area contributed by atoms with Crippen molar-refractivity contribution in [3.63, 3.8) is 0 Å². The van der Waals surface area contributed by atoms with Crippen molar-refractivity contribution in [2.24, 2.45) is 5.92 Å². The van der Waals surface area contributed by atoms with Crippen molar-refractivity contribution < 1.29 is 9.13 Å². The Morgan fingerprint density at radius 1 is 1.25 bits per heavy atom. The summed E-state index contributed by atoms with van der Waals surface area (Å²) < 4.78 is 18.8. The molecule has 128 valence electrons. The van der Waals surface area contributed by atoms with Gasteiger partial charge in [0.05, 0.1) is 11.8 Å². The first-order chi connectivity index (χ1) is 11.7. The van der Waals surface area contributed by atoms with E-state index in [2.05, 4.69) is 22.9 Å². The highest BCUT2D eigenvalue weighted by Gasteiger charge is 2.29. The van der Waals surface area contributed by atoms with Crippen molar-refractivity contribution in [2.45, 2.75) is 32.4 Å². The first kappa shape index (κ1) is 17.1. The summed E-state index contributed by atoms with van der Waals surface area (Å²) in [6.07, 6.45) is 4.06. The number of piperidine rings is 1. The Hall–Kier alpha value is -1.78. The maximum atomic E-state index is 13.1. The van der Waals surface area contributed by atoms with Crippen LogP contribution in [-0.4, -0.2) is 36.2 Å². The Bertz CT molecular complexity index is 659. The van der Waals surface area contributed by atoms with Gasteiger partial charge in [0, 0.05) is 38.9 Å². The first-order valence-corrected chi connectivity index (χ1v) is 8.56. The lowest BCUT2D eigenvalue weighted by Gasteiger charge is -2.38. The molecule has 0 saturated carbocycles. The molecular formula is C20H25FN2O. The smallest absolute Gasteiger partial charge is 0.123 e. The Morgan fingerprint density at radius 3 is 2.75 bits per heavy atom. The molecule has 1 fully saturated rings. The van der Waals surface area contributed by atoms with Crippen LogP contribution < -0.4 is 0 Å². The van der Waals surface area contributed by atoms with E-state index in [9.17, 15) is 4.39 Å². The van der Waals surface area contributed by atoms with Crippen molar-refractivity contribution in [2.75, 3.05) is 20.2 Å². The van der Waals surface area contributed by atoms with Crippen LogP contribution in [0.15, 0.2) is 42.6 Å². The van der Waals surface area contributed by atoms with Crippen molar-refractivity contribution in [3.8, 4) is 0 Å². The molecule has 0 N–H and O–H groups in total. The molecule has 1 aromatic carbocycles. The zero-order valence-corrected chi connectivity index (χ0v) is 14.4. The Kier molecular flexibility index (Phi) is 5.59. The van der Waals surface area contributed by atoms with Gasteiger partial charge in [-0.05, 0) is 49.1 Å². The molecule has 2 aromatic rings. The van der Waals surface area contributed by atoms with Crippen LogP contribution in [0.5, 0.6) is 0 Å². The minimum atomic E-state index is -0.182. The molecule has 0 bridgehead atoms. The molecule has 1 aliphatic rings. The van der Waals surface area contributed by atoms with Crippen molar-refractivity contribution in [3.05, 3.63) is 65.2 Å². The molecule has 0 radical (unpaired) electrons. The topological polar surface area (TPSA) is 25.4 Å². The number of aromatic nitrogens is 1. The fraction of sp³-hybridized carbons (Fsp3) is 0.450. The highest BCUT2D eigenvalue weighted by atomic mass is 19.1. The van der Waals surface area contributed by atoms with Crippen LogP contribution in [0.25, 0.3) is 0 Å². The molecule has 2 heterocycles. The average molecular weight is 328 g/mol. The summed E-state index contributed by atoms with van der Waals surface area (Å²) in [7, 11) is 1.79. The zero-order chi connectivity index (χ0) is 16.9. The maximum Gasteiger partial charge on any atom is 0.123 e. The summed E-state index contributed by atoms with van der Waals surface area (Å²) in [5.41, 5.74) is 3.55. The van der Waals surface area contributed by atoms with Gasteiger partial charge < -0.3 is 4.74 Å². The van der Waals surface area contributed by atoms with Gasteiger partial charge in [0.1, 0.15) is 5.82 Å². The Morgan fingerprint density at radius 2 is 2.04 bits per heavy atom. The summed E-state index contributed by atoms with van der Waals surface area (Å²) in [4.78, 5) is 6.97. The van der Waals surface area contributed by atoms with E-state index in [0.717, 1.165) is 38.2 Å². The van der Waals surface area contributed by atoms with Crippen LogP contribution >= 0.6 is 0 Å². The molecule has 4 heteroatoms. The number of likely N-dealkylation sites (tertiary alicyclic amines) is 1. The van der Waals surface area contributed by atoms with E-state index < -0.39 is 0 Å². The second-order valence-corrected chi connectivity index (χ2v) is 6.66. The van der Waals surface area contributed by atoms with Crippen LogP contribution in [0.4, 0.5) is 4.39 Å². The monoisotopic (exact) mass is 328 g/mol. The Labute approximate surface area is 143 Å². The minimum absolute atomic E-state index is 0.182. The van der Waals surface area contributed by atoms with Gasteiger partial charge in [-0.15, -0.1) is 0 Å². The zero-order valence-electron chi connectivity index (χ0n) is 14.4. The number of methoxy groups -OCH3 is 1. The summed E-state index contributed by atoms with van der Waals surface area (Å²) in [5.74, 6) is 0.233. The molecule has 1 aromatic heterocycles. The molecule has 0 amide bonds. The third kappa shape index (κ3) is 4.19. The highest BCUT2D eigenvalue weighted by molar-refractivity contribution is 5.19. The molecule has 0 aliphatic carbocycles. The van der Waals surface area contributed by atoms with Gasteiger partial charge in [-0.1, -0.05) is 18.2 Å².